The molecule has 0 spiro atoms. The van der Waals surface area contributed by atoms with Gasteiger partial charge >= 0.3 is 5.97 Å². The normalized spacial score (nSPS) is 29.1. The van der Waals surface area contributed by atoms with E-state index in [1.54, 1.807) is 0 Å². The molecule has 2 fully saturated rings. The highest BCUT2D eigenvalue weighted by Crippen LogP contribution is 2.34. The molecule has 1 aliphatic carbocycles. The highest BCUT2D eigenvalue weighted by Gasteiger charge is 2.42. The Morgan fingerprint density at radius 1 is 1.31 bits per heavy atom. The van der Waals surface area contributed by atoms with E-state index in [2.05, 4.69) is 0 Å². The topological polar surface area (TPSA) is 55.8 Å². The fraction of sp³-hybridized carbons (Fsp3) is 0.917. The van der Waals surface area contributed by atoms with E-state index in [1.165, 1.54) is 0 Å². The molecule has 1 atom stereocenters. The Hall–Kier alpha value is -0.610. The molecule has 1 saturated heterocycles. The second kappa shape index (κ2) is 5.15. The summed E-state index contributed by atoms with van der Waals surface area (Å²) in [5, 5.41) is 9.23. The molecule has 2 rings (SSSR count). The van der Waals surface area contributed by atoms with Crippen LogP contribution in [-0.4, -0.2) is 36.0 Å². The zero-order chi connectivity index (χ0) is 11.4. The van der Waals surface area contributed by atoms with Crippen LogP contribution >= 0.6 is 0 Å². The average molecular weight is 228 g/mol. The van der Waals surface area contributed by atoms with Gasteiger partial charge in [-0.05, 0) is 44.9 Å². The van der Waals surface area contributed by atoms with Crippen LogP contribution in [0.4, 0.5) is 0 Å². The van der Waals surface area contributed by atoms with Gasteiger partial charge in [0.05, 0.1) is 12.7 Å². The molecule has 0 aromatic heterocycles. The summed E-state index contributed by atoms with van der Waals surface area (Å²) in [6.07, 6.45) is 6.58. The number of hydrogen-bond donors (Lipinski definition) is 1. The number of hydrogen-bond acceptors (Lipinski definition) is 3. The van der Waals surface area contributed by atoms with E-state index in [4.69, 9.17) is 9.47 Å². The smallest absolute Gasteiger partial charge is 0.335 e. The Balaban J connectivity index is 1.84. The molecule has 4 nitrogen and oxygen atoms in total. The summed E-state index contributed by atoms with van der Waals surface area (Å²) in [7, 11) is 0. The molecular weight excluding hydrogens is 208 g/mol. The first kappa shape index (κ1) is 11.9. The molecule has 92 valence electrons. The minimum absolute atomic E-state index is 0.102. The average Bonchev–Trinajstić information content (AvgIpc) is 2.78. The lowest BCUT2D eigenvalue weighted by atomic mass is 10.0. The van der Waals surface area contributed by atoms with Gasteiger partial charge in [-0.1, -0.05) is 0 Å². The third kappa shape index (κ3) is 2.55. The highest BCUT2D eigenvalue weighted by atomic mass is 16.6. The van der Waals surface area contributed by atoms with Gasteiger partial charge in [0.2, 0.25) is 0 Å². The summed E-state index contributed by atoms with van der Waals surface area (Å²) in [6.45, 7) is 1.22. The first-order valence-corrected chi connectivity index (χ1v) is 6.22. The van der Waals surface area contributed by atoms with Crippen LogP contribution in [0.15, 0.2) is 0 Å². The molecule has 16 heavy (non-hydrogen) atoms. The van der Waals surface area contributed by atoms with Crippen molar-refractivity contribution in [1.82, 2.24) is 0 Å². The minimum atomic E-state index is -0.916. The zero-order valence-corrected chi connectivity index (χ0v) is 9.61. The number of aliphatic carboxylic acids is 1. The standard InChI is InChI=1S/C12H20O4/c13-11(14)12(6-2-3-7-12)16-9-10-5-1-4-8-15-10/h10H,1-9H2,(H,13,14). The van der Waals surface area contributed by atoms with E-state index in [0.29, 0.717) is 19.4 Å². The maximum atomic E-state index is 11.2. The molecule has 2 aliphatic rings. The minimum Gasteiger partial charge on any atom is -0.479 e. The van der Waals surface area contributed by atoms with Crippen molar-refractivity contribution in [3.63, 3.8) is 0 Å². The fourth-order valence-corrected chi connectivity index (χ4v) is 2.56. The Morgan fingerprint density at radius 2 is 2.06 bits per heavy atom. The molecule has 1 saturated carbocycles. The first-order valence-electron chi connectivity index (χ1n) is 6.22. The van der Waals surface area contributed by atoms with Crippen LogP contribution in [0.25, 0.3) is 0 Å². The van der Waals surface area contributed by atoms with Crippen LogP contribution in [-0.2, 0) is 14.3 Å². The van der Waals surface area contributed by atoms with Gasteiger partial charge in [0, 0.05) is 6.61 Å². The Kier molecular flexibility index (Phi) is 3.82. The monoisotopic (exact) mass is 228 g/mol. The Morgan fingerprint density at radius 3 is 2.62 bits per heavy atom. The maximum absolute atomic E-state index is 11.2. The van der Waals surface area contributed by atoms with Crippen molar-refractivity contribution in [1.29, 1.82) is 0 Å². The zero-order valence-electron chi connectivity index (χ0n) is 9.61. The second-order valence-corrected chi connectivity index (χ2v) is 4.81. The quantitative estimate of drug-likeness (QED) is 0.799. The number of rotatable bonds is 4. The number of carboxylic acids is 1. The summed E-state index contributed by atoms with van der Waals surface area (Å²) < 4.78 is 11.2. The van der Waals surface area contributed by atoms with Crippen LogP contribution in [0.3, 0.4) is 0 Å². The van der Waals surface area contributed by atoms with Crippen molar-refractivity contribution >= 4 is 5.97 Å². The van der Waals surface area contributed by atoms with Crippen LogP contribution in [0.5, 0.6) is 0 Å². The third-order valence-corrected chi connectivity index (χ3v) is 3.62. The third-order valence-electron chi connectivity index (χ3n) is 3.62. The predicted molar refractivity (Wildman–Crippen MR) is 58.4 cm³/mol. The van der Waals surface area contributed by atoms with Gasteiger partial charge in [0.1, 0.15) is 0 Å². The molecule has 0 aromatic carbocycles. The molecule has 0 aromatic rings. The van der Waals surface area contributed by atoms with Gasteiger partial charge in [0.25, 0.3) is 0 Å². The van der Waals surface area contributed by atoms with Gasteiger partial charge < -0.3 is 14.6 Å². The van der Waals surface area contributed by atoms with E-state index < -0.39 is 11.6 Å². The fourth-order valence-electron chi connectivity index (χ4n) is 2.56. The predicted octanol–water partition coefficient (Wildman–Crippen LogP) is 1.97. The van der Waals surface area contributed by atoms with E-state index in [1.807, 2.05) is 0 Å². The van der Waals surface area contributed by atoms with Crippen molar-refractivity contribution in [3.8, 4) is 0 Å². The van der Waals surface area contributed by atoms with E-state index in [9.17, 15) is 9.90 Å². The largest absolute Gasteiger partial charge is 0.479 e. The summed E-state index contributed by atoms with van der Waals surface area (Å²) in [4.78, 5) is 11.2. The van der Waals surface area contributed by atoms with Gasteiger partial charge in [0.15, 0.2) is 5.60 Å². The number of ether oxygens (including phenoxy) is 2. The van der Waals surface area contributed by atoms with Crippen LogP contribution < -0.4 is 0 Å². The van der Waals surface area contributed by atoms with Gasteiger partial charge in [-0.25, -0.2) is 4.79 Å². The van der Waals surface area contributed by atoms with Crippen LogP contribution in [0.1, 0.15) is 44.9 Å². The summed E-state index contributed by atoms with van der Waals surface area (Å²) in [6, 6.07) is 0. The molecule has 1 aliphatic heterocycles. The van der Waals surface area contributed by atoms with Gasteiger partial charge in [-0.3, -0.25) is 0 Å². The summed E-state index contributed by atoms with van der Waals surface area (Å²) >= 11 is 0. The second-order valence-electron chi connectivity index (χ2n) is 4.81. The van der Waals surface area contributed by atoms with E-state index >= 15 is 0 Å². The highest BCUT2D eigenvalue weighted by molar-refractivity contribution is 5.77. The van der Waals surface area contributed by atoms with Crippen molar-refractivity contribution < 1.29 is 19.4 Å². The Labute approximate surface area is 95.9 Å². The van der Waals surface area contributed by atoms with Crippen LogP contribution in [0, 0.1) is 0 Å². The summed E-state index contributed by atoms with van der Waals surface area (Å²) in [5.74, 6) is -0.805. The Bertz CT molecular complexity index is 239. The maximum Gasteiger partial charge on any atom is 0.335 e. The van der Waals surface area contributed by atoms with Gasteiger partial charge in [-0.15, -0.1) is 0 Å². The molecule has 0 bridgehead atoms. The van der Waals surface area contributed by atoms with Crippen molar-refractivity contribution in [2.75, 3.05) is 13.2 Å². The lowest BCUT2D eigenvalue weighted by molar-refractivity contribution is -0.171. The molecule has 1 unspecified atom stereocenters. The molecule has 1 heterocycles. The van der Waals surface area contributed by atoms with Crippen molar-refractivity contribution in [2.45, 2.75) is 56.7 Å². The summed E-state index contributed by atoms with van der Waals surface area (Å²) in [5.41, 5.74) is -0.916. The van der Waals surface area contributed by atoms with Crippen LogP contribution in [0.2, 0.25) is 0 Å². The first-order chi connectivity index (χ1) is 7.73. The molecule has 0 amide bonds. The molecule has 0 radical (unpaired) electrons. The lowest BCUT2D eigenvalue weighted by Crippen LogP contribution is -2.41. The molecule has 4 heteroatoms. The van der Waals surface area contributed by atoms with Gasteiger partial charge in [-0.2, -0.15) is 0 Å². The number of carbonyl (C=O) groups is 1. The molecular formula is C12H20O4. The number of carboxylic acid groups (broad SMARTS) is 1. The van der Waals surface area contributed by atoms with E-state index in [-0.39, 0.29) is 6.10 Å². The lowest BCUT2D eigenvalue weighted by Gasteiger charge is -2.29. The van der Waals surface area contributed by atoms with E-state index in [0.717, 1.165) is 38.7 Å². The van der Waals surface area contributed by atoms with Crippen molar-refractivity contribution in [2.24, 2.45) is 0 Å². The SMILES string of the molecule is O=C(O)C1(OCC2CCCCO2)CCCC1. The molecule has 1 N–H and O–H groups in total. The van der Waals surface area contributed by atoms with Crippen molar-refractivity contribution in [3.05, 3.63) is 0 Å².